The summed E-state index contributed by atoms with van der Waals surface area (Å²) < 4.78 is 17.2. The minimum atomic E-state index is -4.53. The quantitative estimate of drug-likeness (QED) is 0.649. The molecule has 1 aliphatic heterocycles. The maximum atomic E-state index is 11.4. The first-order valence-corrected chi connectivity index (χ1v) is 7.66. The molecule has 0 aliphatic carbocycles. The van der Waals surface area contributed by atoms with Gasteiger partial charge in [-0.05, 0) is 0 Å². The van der Waals surface area contributed by atoms with Crippen molar-refractivity contribution in [2.75, 3.05) is 5.75 Å². The number of aromatic nitrogens is 2. The van der Waals surface area contributed by atoms with Crippen molar-refractivity contribution in [2.45, 2.75) is 17.8 Å². The molecular weight excluding hydrogens is 283 g/mol. The summed E-state index contributed by atoms with van der Waals surface area (Å²) in [6.07, 6.45) is 0.788. The number of hydrogen-bond acceptors (Lipinski definition) is 6. The van der Waals surface area contributed by atoms with Crippen LogP contribution in [0.3, 0.4) is 0 Å². The number of aromatic amines is 1. The van der Waals surface area contributed by atoms with Crippen LogP contribution in [0.5, 0.6) is 0 Å². The third-order valence-electron chi connectivity index (χ3n) is 2.30. The Morgan fingerprint density at radius 2 is 2.39 bits per heavy atom. The summed E-state index contributed by atoms with van der Waals surface area (Å²) in [5.41, 5.74) is -1.09. The zero-order valence-corrected chi connectivity index (χ0v) is 10.7. The summed E-state index contributed by atoms with van der Waals surface area (Å²) in [5, 5.41) is -1.29. The molecule has 0 aromatic carbocycles. The van der Waals surface area contributed by atoms with E-state index in [0.717, 1.165) is 11.8 Å². The Morgan fingerprint density at radius 3 is 2.94 bits per heavy atom. The third-order valence-corrected chi connectivity index (χ3v) is 5.16. The van der Waals surface area contributed by atoms with Crippen molar-refractivity contribution in [3.05, 3.63) is 33.1 Å². The number of thioether (sulfide) groups is 1. The zero-order chi connectivity index (χ0) is 13.3. The van der Waals surface area contributed by atoms with Gasteiger partial charge >= 0.3 is 5.69 Å². The number of H-pyrrole nitrogens is 1. The van der Waals surface area contributed by atoms with Crippen LogP contribution in [0.1, 0.15) is 0 Å². The fraction of sp³-hybridized carbons (Fsp3) is 0.500. The molecule has 0 bridgehead atoms. The van der Waals surface area contributed by atoms with Gasteiger partial charge in [0, 0.05) is 18.0 Å². The zero-order valence-electron chi connectivity index (χ0n) is 9.01. The van der Waals surface area contributed by atoms with Crippen LogP contribution in [-0.2, 0) is 15.8 Å². The van der Waals surface area contributed by atoms with E-state index in [0.29, 0.717) is 5.75 Å². The highest BCUT2D eigenvalue weighted by Gasteiger charge is 2.32. The van der Waals surface area contributed by atoms with E-state index in [9.17, 15) is 19.0 Å². The Labute approximate surface area is 105 Å². The second-order valence-corrected chi connectivity index (χ2v) is 6.77. The SMILES string of the molecule is O=c1ccn(CC2CSC(P(=O)([O-])O)O2)c(=O)[nH]1. The second-order valence-electron chi connectivity index (χ2n) is 3.73. The number of nitrogens with one attached hydrogen (secondary N) is 1. The Kier molecular flexibility index (Phi) is 3.79. The van der Waals surface area contributed by atoms with E-state index >= 15 is 0 Å². The van der Waals surface area contributed by atoms with E-state index in [2.05, 4.69) is 4.98 Å². The van der Waals surface area contributed by atoms with Gasteiger partial charge in [-0.3, -0.25) is 14.3 Å². The highest BCUT2D eigenvalue weighted by Crippen LogP contribution is 2.48. The lowest BCUT2D eigenvalue weighted by atomic mass is 10.4. The van der Waals surface area contributed by atoms with Gasteiger partial charge in [-0.25, -0.2) is 4.79 Å². The maximum absolute atomic E-state index is 11.4. The predicted octanol–water partition coefficient (Wildman–Crippen LogP) is -1.50. The van der Waals surface area contributed by atoms with Crippen molar-refractivity contribution >= 4 is 19.4 Å². The monoisotopic (exact) mass is 293 g/mol. The van der Waals surface area contributed by atoms with Crippen LogP contribution < -0.4 is 16.1 Å². The van der Waals surface area contributed by atoms with Crippen LogP contribution in [0.15, 0.2) is 21.9 Å². The molecule has 8 nitrogen and oxygen atoms in total. The van der Waals surface area contributed by atoms with Crippen LogP contribution in [0.2, 0.25) is 0 Å². The van der Waals surface area contributed by atoms with Gasteiger partial charge in [-0.2, -0.15) is 0 Å². The minimum Gasteiger partial charge on any atom is -0.776 e. The maximum Gasteiger partial charge on any atom is 0.328 e. The molecule has 1 fully saturated rings. The molecule has 0 saturated carbocycles. The fourth-order valence-corrected chi connectivity index (χ4v) is 3.64. The van der Waals surface area contributed by atoms with E-state index in [1.165, 1.54) is 16.8 Å². The van der Waals surface area contributed by atoms with Crippen molar-refractivity contribution in [3.63, 3.8) is 0 Å². The van der Waals surface area contributed by atoms with Crippen LogP contribution in [-0.4, -0.2) is 31.5 Å². The predicted molar refractivity (Wildman–Crippen MR) is 62.3 cm³/mol. The summed E-state index contributed by atoms with van der Waals surface area (Å²) >= 11 is 0.951. The van der Waals surface area contributed by atoms with Gasteiger partial charge in [-0.1, -0.05) is 0 Å². The number of rotatable bonds is 3. The summed E-state index contributed by atoms with van der Waals surface area (Å²) in [5.74, 6) is 0.336. The topological polar surface area (TPSA) is 124 Å². The first-order chi connectivity index (χ1) is 8.36. The average Bonchev–Trinajstić information content (AvgIpc) is 2.70. The largest absolute Gasteiger partial charge is 0.776 e. The van der Waals surface area contributed by atoms with Gasteiger partial charge < -0.3 is 19.1 Å². The third kappa shape index (κ3) is 3.12. The van der Waals surface area contributed by atoms with Gasteiger partial charge in [-0.15, -0.1) is 11.8 Å². The molecule has 0 spiro atoms. The van der Waals surface area contributed by atoms with Crippen LogP contribution in [0, 0.1) is 0 Å². The minimum absolute atomic E-state index is 0.110. The molecule has 18 heavy (non-hydrogen) atoms. The molecule has 3 atom stereocenters. The van der Waals surface area contributed by atoms with Crippen LogP contribution in [0.4, 0.5) is 0 Å². The summed E-state index contributed by atoms with van der Waals surface area (Å²) in [4.78, 5) is 44.0. The molecule has 3 unspecified atom stereocenters. The summed E-state index contributed by atoms with van der Waals surface area (Å²) in [6.45, 7) is 0.110. The summed E-state index contributed by atoms with van der Waals surface area (Å²) in [6, 6.07) is 1.19. The van der Waals surface area contributed by atoms with Gasteiger partial charge in [0.1, 0.15) is 0 Å². The molecule has 1 aromatic heterocycles. The van der Waals surface area contributed by atoms with Crippen molar-refractivity contribution in [3.8, 4) is 0 Å². The van der Waals surface area contributed by atoms with Gasteiger partial charge in [0.05, 0.1) is 12.6 Å². The first-order valence-electron chi connectivity index (χ1n) is 4.96. The van der Waals surface area contributed by atoms with E-state index < -0.39 is 30.1 Å². The van der Waals surface area contributed by atoms with E-state index in [-0.39, 0.29) is 6.54 Å². The summed E-state index contributed by atoms with van der Waals surface area (Å²) in [7, 11) is -4.53. The van der Waals surface area contributed by atoms with Gasteiger partial charge in [0.25, 0.3) is 5.56 Å². The lowest BCUT2D eigenvalue weighted by molar-refractivity contribution is -0.201. The van der Waals surface area contributed by atoms with Crippen LogP contribution in [0.25, 0.3) is 0 Å². The highest BCUT2D eigenvalue weighted by atomic mass is 32.2. The van der Waals surface area contributed by atoms with Crippen molar-refractivity contribution < 1.29 is 19.1 Å². The standard InChI is InChI=1S/C8H11N2O6PS/c11-6-1-2-10(7(12)9-6)3-5-4-18-8(16-5)17(13,14)15/h1-2,5,8H,3-4H2,(H,9,11,12)(H2,13,14,15)/p-1. The van der Waals surface area contributed by atoms with E-state index in [4.69, 9.17) is 9.63 Å². The Hall–Kier alpha value is -0.860. The van der Waals surface area contributed by atoms with Gasteiger partial charge in [0.2, 0.25) is 0 Å². The van der Waals surface area contributed by atoms with E-state index in [1.54, 1.807) is 0 Å². The molecular formula is C8H10N2O6PS-. The molecule has 1 saturated heterocycles. The van der Waals surface area contributed by atoms with E-state index in [1.807, 2.05) is 0 Å². The lowest BCUT2D eigenvalue weighted by Gasteiger charge is -2.22. The number of hydrogen-bond donors (Lipinski definition) is 2. The molecule has 1 aliphatic rings. The Morgan fingerprint density at radius 1 is 1.67 bits per heavy atom. The van der Waals surface area contributed by atoms with Gasteiger partial charge in [0.15, 0.2) is 12.8 Å². The molecule has 1 aromatic rings. The highest BCUT2D eigenvalue weighted by molar-refractivity contribution is 8.05. The fourth-order valence-electron chi connectivity index (χ4n) is 1.51. The molecule has 2 heterocycles. The smallest absolute Gasteiger partial charge is 0.328 e. The average molecular weight is 293 g/mol. The molecule has 2 rings (SSSR count). The molecule has 2 N–H and O–H groups in total. The first kappa shape index (κ1) is 13.6. The second kappa shape index (κ2) is 5.02. The molecule has 100 valence electrons. The number of ether oxygens (including phenoxy) is 1. The molecule has 10 heteroatoms. The number of nitrogens with zero attached hydrogens (tertiary/aromatic N) is 1. The van der Waals surface area contributed by atoms with Crippen molar-refractivity contribution in [1.29, 1.82) is 0 Å². The van der Waals surface area contributed by atoms with Crippen molar-refractivity contribution in [2.24, 2.45) is 0 Å². The normalized spacial score (nSPS) is 27.0. The van der Waals surface area contributed by atoms with Crippen LogP contribution >= 0.6 is 19.4 Å². The molecule has 0 amide bonds. The lowest BCUT2D eigenvalue weighted by Crippen LogP contribution is -2.33. The Balaban J connectivity index is 2.06. The van der Waals surface area contributed by atoms with Crippen molar-refractivity contribution in [1.82, 2.24) is 9.55 Å². The Bertz CT molecular complexity index is 592. The molecule has 0 radical (unpaired) electrons.